The van der Waals surface area contributed by atoms with Gasteiger partial charge in [-0.2, -0.15) is 0 Å². The number of aliphatic hydroxyl groups excluding tert-OH is 1. The Hall–Kier alpha value is -1.92. The molecule has 24 heavy (non-hydrogen) atoms. The molecule has 0 amide bonds. The van der Waals surface area contributed by atoms with Gasteiger partial charge in [-0.3, -0.25) is 0 Å². The van der Waals surface area contributed by atoms with Gasteiger partial charge in [0.1, 0.15) is 6.10 Å². The quantitative estimate of drug-likeness (QED) is 0.373. The summed E-state index contributed by atoms with van der Waals surface area (Å²) < 4.78 is 15.1. The van der Waals surface area contributed by atoms with Crippen molar-refractivity contribution in [1.29, 1.82) is 0 Å². The molecule has 0 bridgehead atoms. The first kappa shape index (κ1) is 22.1. The zero-order chi connectivity index (χ0) is 18.5. The third-order valence-corrected chi connectivity index (χ3v) is 2.84. The topological polar surface area (TPSA) is 82.1 Å². The van der Waals surface area contributed by atoms with E-state index in [9.17, 15) is 14.7 Å². The highest BCUT2D eigenvalue weighted by Crippen LogP contribution is 2.07. The molecule has 0 rings (SSSR count). The van der Waals surface area contributed by atoms with Gasteiger partial charge in [0.2, 0.25) is 0 Å². The van der Waals surface area contributed by atoms with Crippen LogP contribution in [0.4, 0.5) is 0 Å². The Labute approximate surface area is 143 Å². The van der Waals surface area contributed by atoms with E-state index in [0.717, 1.165) is 5.57 Å². The van der Waals surface area contributed by atoms with Crippen molar-refractivity contribution < 1.29 is 28.9 Å². The molecule has 136 valence electrons. The maximum absolute atomic E-state index is 11.5. The molecule has 0 radical (unpaired) electrons. The van der Waals surface area contributed by atoms with Gasteiger partial charge in [-0.25, -0.2) is 9.59 Å². The SMILES string of the molecule is COC(=O)/C=C/C=C/C(OCC/C(C)=C/C(=O)OC(C)C)C(C)O. The highest BCUT2D eigenvalue weighted by molar-refractivity contribution is 5.82. The summed E-state index contributed by atoms with van der Waals surface area (Å²) in [6, 6.07) is 0. The summed E-state index contributed by atoms with van der Waals surface area (Å²) >= 11 is 0. The average Bonchev–Trinajstić information content (AvgIpc) is 2.47. The van der Waals surface area contributed by atoms with Crippen LogP contribution in [0.5, 0.6) is 0 Å². The van der Waals surface area contributed by atoms with Crippen LogP contribution in [0.15, 0.2) is 36.0 Å². The monoisotopic (exact) mass is 340 g/mol. The number of carbonyl (C=O) groups is 2. The molecule has 6 nitrogen and oxygen atoms in total. The van der Waals surface area contributed by atoms with Gasteiger partial charge in [0.25, 0.3) is 0 Å². The first-order valence-corrected chi connectivity index (χ1v) is 7.86. The minimum atomic E-state index is -0.706. The molecular formula is C18H28O6. The summed E-state index contributed by atoms with van der Waals surface area (Å²) in [7, 11) is 1.30. The zero-order valence-corrected chi connectivity index (χ0v) is 15.0. The maximum atomic E-state index is 11.5. The Morgan fingerprint density at radius 3 is 2.33 bits per heavy atom. The van der Waals surface area contributed by atoms with Gasteiger partial charge >= 0.3 is 11.9 Å². The molecule has 0 aliphatic rings. The number of hydrogen-bond donors (Lipinski definition) is 1. The van der Waals surface area contributed by atoms with Crippen molar-refractivity contribution in [2.45, 2.75) is 52.4 Å². The Morgan fingerprint density at radius 1 is 1.12 bits per heavy atom. The summed E-state index contributed by atoms with van der Waals surface area (Å²) in [6.45, 7) is 7.35. The average molecular weight is 340 g/mol. The molecule has 0 aliphatic heterocycles. The van der Waals surface area contributed by atoms with Crippen LogP contribution in [0.1, 0.15) is 34.1 Å². The predicted molar refractivity (Wildman–Crippen MR) is 91.3 cm³/mol. The van der Waals surface area contributed by atoms with Gasteiger partial charge in [-0.05, 0) is 34.1 Å². The van der Waals surface area contributed by atoms with Gasteiger partial charge in [-0.15, -0.1) is 0 Å². The molecule has 0 heterocycles. The van der Waals surface area contributed by atoms with E-state index in [4.69, 9.17) is 9.47 Å². The van der Waals surface area contributed by atoms with Crippen LogP contribution < -0.4 is 0 Å². The Balaban J connectivity index is 4.38. The van der Waals surface area contributed by atoms with Crippen LogP contribution in [-0.2, 0) is 23.8 Å². The smallest absolute Gasteiger partial charge is 0.330 e. The van der Waals surface area contributed by atoms with Crippen molar-refractivity contribution in [3.63, 3.8) is 0 Å². The number of allylic oxidation sites excluding steroid dienone is 2. The van der Waals surface area contributed by atoms with Crippen LogP contribution in [0.3, 0.4) is 0 Å². The molecule has 2 unspecified atom stereocenters. The molecule has 1 N–H and O–H groups in total. The van der Waals surface area contributed by atoms with Gasteiger partial charge in [0.15, 0.2) is 0 Å². The number of aliphatic hydroxyl groups is 1. The number of ether oxygens (including phenoxy) is 3. The van der Waals surface area contributed by atoms with Gasteiger partial charge in [0.05, 0.1) is 25.9 Å². The summed E-state index contributed by atoms with van der Waals surface area (Å²) in [6.07, 6.45) is 6.65. The second-order valence-electron chi connectivity index (χ2n) is 5.57. The Kier molecular flexibility index (Phi) is 11.5. The van der Waals surface area contributed by atoms with Gasteiger partial charge < -0.3 is 19.3 Å². The van der Waals surface area contributed by atoms with Crippen LogP contribution >= 0.6 is 0 Å². The van der Waals surface area contributed by atoms with E-state index in [-0.39, 0.29) is 12.1 Å². The first-order chi connectivity index (χ1) is 11.3. The van der Waals surface area contributed by atoms with Crippen LogP contribution in [0.2, 0.25) is 0 Å². The van der Waals surface area contributed by atoms with Gasteiger partial charge in [0, 0.05) is 12.2 Å². The zero-order valence-electron chi connectivity index (χ0n) is 15.0. The highest BCUT2D eigenvalue weighted by Gasteiger charge is 2.11. The number of esters is 2. The van der Waals surface area contributed by atoms with Crippen molar-refractivity contribution in [3.05, 3.63) is 36.0 Å². The highest BCUT2D eigenvalue weighted by atomic mass is 16.5. The summed E-state index contributed by atoms with van der Waals surface area (Å²) in [5.74, 6) is -0.828. The molecule has 0 aliphatic carbocycles. The normalized spacial score (nSPS) is 15.0. The fraction of sp³-hybridized carbons (Fsp3) is 0.556. The lowest BCUT2D eigenvalue weighted by Crippen LogP contribution is -2.24. The van der Waals surface area contributed by atoms with Crippen molar-refractivity contribution in [3.8, 4) is 0 Å². The molecule has 0 spiro atoms. The largest absolute Gasteiger partial charge is 0.466 e. The van der Waals surface area contributed by atoms with E-state index in [1.165, 1.54) is 25.3 Å². The Bertz CT molecular complexity index is 474. The van der Waals surface area contributed by atoms with E-state index < -0.39 is 18.2 Å². The lowest BCUT2D eigenvalue weighted by atomic mass is 10.2. The molecule has 0 saturated heterocycles. The second-order valence-corrected chi connectivity index (χ2v) is 5.57. The van der Waals surface area contributed by atoms with Crippen LogP contribution in [-0.4, -0.2) is 49.1 Å². The summed E-state index contributed by atoms with van der Waals surface area (Å²) in [5.41, 5.74) is 0.833. The van der Waals surface area contributed by atoms with Crippen LogP contribution in [0.25, 0.3) is 0 Å². The predicted octanol–water partition coefficient (Wildman–Crippen LogP) is 2.33. The maximum Gasteiger partial charge on any atom is 0.330 e. The summed E-state index contributed by atoms with van der Waals surface area (Å²) in [5, 5.41) is 9.70. The minimum Gasteiger partial charge on any atom is -0.466 e. The number of rotatable bonds is 10. The first-order valence-electron chi connectivity index (χ1n) is 7.86. The van der Waals surface area contributed by atoms with Crippen molar-refractivity contribution in [2.75, 3.05) is 13.7 Å². The molecule has 0 saturated carbocycles. The molecule has 0 aromatic carbocycles. The van der Waals surface area contributed by atoms with Crippen molar-refractivity contribution in [1.82, 2.24) is 0 Å². The van der Waals surface area contributed by atoms with E-state index in [1.54, 1.807) is 32.9 Å². The fourth-order valence-corrected chi connectivity index (χ4v) is 1.63. The van der Waals surface area contributed by atoms with Crippen molar-refractivity contribution in [2.24, 2.45) is 0 Å². The molecule has 6 heteroatoms. The van der Waals surface area contributed by atoms with Crippen LogP contribution in [0, 0.1) is 0 Å². The number of hydrogen-bond acceptors (Lipinski definition) is 6. The lowest BCUT2D eigenvalue weighted by Gasteiger charge is -2.17. The molecule has 0 aromatic rings. The fourth-order valence-electron chi connectivity index (χ4n) is 1.63. The Morgan fingerprint density at radius 2 is 1.79 bits per heavy atom. The molecular weight excluding hydrogens is 312 g/mol. The molecule has 0 fully saturated rings. The lowest BCUT2D eigenvalue weighted by molar-refractivity contribution is -0.141. The molecule has 0 aromatic heterocycles. The van der Waals surface area contributed by atoms with Crippen molar-refractivity contribution >= 4 is 11.9 Å². The van der Waals surface area contributed by atoms with Gasteiger partial charge in [-0.1, -0.05) is 23.8 Å². The minimum absolute atomic E-state index is 0.152. The van der Waals surface area contributed by atoms with E-state index in [2.05, 4.69) is 4.74 Å². The number of carbonyl (C=O) groups excluding carboxylic acids is 2. The van der Waals surface area contributed by atoms with E-state index in [1.807, 2.05) is 6.92 Å². The summed E-state index contributed by atoms with van der Waals surface area (Å²) in [4.78, 5) is 22.4. The third-order valence-electron chi connectivity index (χ3n) is 2.84. The standard InChI is InChI=1S/C18H28O6/c1-13(2)24-18(21)12-14(3)10-11-23-16(15(4)19)8-6-7-9-17(20)22-5/h6-9,12-13,15-16,19H,10-11H2,1-5H3/b8-6+,9-7+,14-12+. The second kappa shape index (κ2) is 12.5. The number of methoxy groups -OCH3 is 1. The molecule has 2 atom stereocenters. The van der Waals surface area contributed by atoms with E-state index in [0.29, 0.717) is 13.0 Å². The van der Waals surface area contributed by atoms with E-state index >= 15 is 0 Å². The third kappa shape index (κ3) is 11.6.